The fourth-order valence-electron chi connectivity index (χ4n) is 3.36. The van der Waals surface area contributed by atoms with Crippen LogP contribution in [0.4, 0.5) is 5.69 Å². The largest absolute Gasteiger partial charge is 0.478 e. The van der Waals surface area contributed by atoms with Crippen LogP contribution in [-0.4, -0.2) is 26.5 Å². The number of fused-ring (bicyclic) bond motifs is 2. The molecule has 156 valence electrons. The molecule has 0 saturated heterocycles. The van der Waals surface area contributed by atoms with Gasteiger partial charge in [0.1, 0.15) is 11.4 Å². The van der Waals surface area contributed by atoms with Crippen LogP contribution in [0.25, 0.3) is 22.6 Å². The van der Waals surface area contributed by atoms with Crippen LogP contribution in [0, 0.1) is 0 Å². The number of aromatic nitrogens is 2. The van der Waals surface area contributed by atoms with Crippen molar-refractivity contribution >= 4 is 63.3 Å². The van der Waals surface area contributed by atoms with E-state index in [-0.39, 0.29) is 5.56 Å². The Morgan fingerprint density at radius 2 is 1.90 bits per heavy atom. The molecule has 2 heterocycles. The molecule has 1 aliphatic heterocycles. The quantitative estimate of drug-likeness (QED) is 0.348. The number of benzene rings is 2. The molecule has 1 aliphatic rings. The van der Waals surface area contributed by atoms with Gasteiger partial charge in [-0.2, -0.15) is 0 Å². The van der Waals surface area contributed by atoms with Crippen molar-refractivity contribution in [2.24, 2.45) is 0 Å². The van der Waals surface area contributed by atoms with Gasteiger partial charge in [-0.1, -0.05) is 35.8 Å². The molecule has 0 bridgehead atoms. The molecular weight excluding hydrogens is 441 g/mol. The molecule has 1 amide bonds. The Labute approximate surface area is 186 Å². The van der Waals surface area contributed by atoms with Crippen molar-refractivity contribution in [2.75, 3.05) is 5.32 Å². The molecule has 1 aromatic heterocycles. The van der Waals surface area contributed by atoms with Gasteiger partial charge in [-0.3, -0.25) is 14.2 Å². The Hall–Kier alpha value is -3.42. The summed E-state index contributed by atoms with van der Waals surface area (Å²) >= 11 is 12.5. The molecule has 4 rings (SSSR count). The SMILES string of the molecule is C=C(C(=O)O)C(=O)Nc1ccc2c(=O)n3c(nc2c1)C(=Cc1c(Cl)cccc1Cl)CC3. The van der Waals surface area contributed by atoms with Gasteiger partial charge in [0.05, 0.1) is 10.9 Å². The molecular formula is C22H15Cl2N3O4. The fourth-order valence-corrected chi connectivity index (χ4v) is 3.87. The first-order valence-electron chi connectivity index (χ1n) is 9.19. The normalized spacial score (nSPS) is 13.9. The standard InChI is InChI=1S/C22H15Cl2N3O4/c1-11(22(30)31)20(28)25-13-5-6-14-18(10-13)26-19-12(7-8-27(19)21(14)29)9-15-16(23)3-2-4-17(15)24/h2-6,9-10H,1,7-8H2,(H,25,28)(H,30,31). The molecule has 2 aromatic carbocycles. The molecule has 0 unspecified atom stereocenters. The molecule has 3 aromatic rings. The van der Waals surface area contributed by atoms with E-state index in [1.54, 1.807) is 28.8 Å². The molecule has 9 heteroatoms. The highest BCUT2D eigenvalue weighted by Crippen LogP contribution is 2.33. The van der Waals surface area contributed by atoms with E-state index < -0.39 is 17.4 Å². The van der Waals surface area contributed by atoms with Crippen LogP contribution in [0.2, 0.25) is 10.0 Å². The number of halogens is 2. The van der Waals surface area contributed by atoms with Gasteiger partial charge in [0.15, 0.2) is 0 Å². The third-order valence-corrected chi connectivity index (χ3v) is 5.61. The highest BCUT2D eigenvalue weighted by Gasteiger charge is 2.22. The third kappa shape index (κ3) is 3.85. The summed E-state index contributed by atoms with van der Waals surface area (Å²) in [5, 5.41) is 12.7. The Kier molecular flexibility index (Phi) is 5.39. The van der Waals surface area contributed by atoms with E-state index in [1.165, 1.54) is 12.1 Å². The highest BCUT2D eigenvalue weighted by atomic mass is 35.5. The summed E-state index contributed by atoms with van der Waals surface area (Å²) in [6.07, 6.45) is 2.41. The molecule has 0 radical (unpaired) electrons. The second kappa shape index (κ2) is 8.02. The van der Waals surface area contributed by atoms with Gasteiger partial charge in [-0.15, -0.1) is 0 Å². The van der Waals surface area contributed by atoms with E-state index >= 15 is 0 Å². The molecule has 2 N–H and O–H groups in total. The van der Waals surface area contributed by atoms with Gasteiger partial charge >= 0.3 is 5.97 Å². The third-order valence-electron chi connectivity index (χ3n) is 4.96. The lowest BCUT2D eigenvalue weighted by atomic mass is 10.1. The summed E-state index contributed by atoms with van der Waals surface area (Å²) in [4.78, 5) is 40.4. The van der Waals surface area contributed by atoms with Crippen LogP contribution in [-0.2, 0) is 16.1 Å². The maximum absolute atomic E-state index is 12.9. The maximum atomic E-state index is 12.9. The smallest absolute Gasteiger partial charge is 0.340 e. The maximum Gasteiger partial charge on any atom is 0.340 e. The number of rotatable bonds is 4. The van der Waals surface area contributed by atoms with Crippen LogP contribution >= 0.6 is 23.2 Å². The predicted molar refractivity (Wildman–Crippen MR) is 120 cm³/mol. The lowest BCUT2D eigenvalue weighted by molar-refractivity contribution is -0.134. The lowest BCUT2D eigenvalue weighted by Crippen LogP contribution is -2.21. The second-order valence-electron chi connectivity index (χ2n) is 6.92. The summed E-state index contributed by atoms with van der Waals surface area (Å²) in [5.41, 5.74) is 1.33. The number of allylic oxidation sites excluding steroid dienone is 1. The summed E-state index contributed by atoms with van der Waals surface area (Å²) in [5.74, 6) is -1.77. The minimum atomic E-state index is -1.42. The van der Waals surface area contributed by atoms with Gasteiger partial charge in [0, 0.05) is 27.8 Å². The van der Waals surface area contributed by atoms with Crippen molar-refractivity contribution in [3.8, 4) is 0 Å². The van der Waals surface area contributed by atoms with E-state index in [0.29, 0.717) is 51.0 Å². The first-order valence-corrected chi connectivity index (χ1v) is 9.95. The topological polar surface area (TPSA) is 101 Å². The van der Waals surface area contributed by atoms with Gasteiger partial charge in [0.25, 0.3) is 11.5 Å². The van der Waals surface area contributed by atoms with Crippen molar-refractivity contribution in [2.45, 2.75) is 13.0 Å². The molecule has 0 atom stereocenters. The Balaban J connectivity index is 1.78. The average molecular weight is 456 g/mol. The van der Waals surface area contributed by atoms with Crippen LogP contribution < -0.4 is 10.9 Å². The van der Waals surface area contributed by atoms with E-state index in [2.05, 4.69) is 16.9 Å². The van der Waals surface area contributed by atoms with Crippen molar-refractivity contribution in [1.29, 1.82) is 0 Å². The van der Waals surface area contributed by atoms with Crippen molar-refractivity contribution in [3.63, 3.8) is 0 Å². The predicted octanol–water partition coefficient (Wildman–Crippen LogP) is 4.23. The monoisotopic (exact) mass is 455 g/mol. The zero-order chi connectivity index (χ0) is 22.3. The summed E-state index contributed by atoms with van der Waals surface area (Å²) in [7, 11) is 0. The second-order valence-corrected chi connectivity index (χ2v) is 7.73. The summed E-state index contributed by atoms with van der Waals surface area (Å²) in [6, 6.07) is 9.79. The van der Waals surface area contributed by atoms with Crippen molar-refractivity contribution < 1.29 is 14.7 Å². The number of amides is 1. The fraction of sp³-hybridized carbons (Fsp3) is 0.0909. The first kappa shape index (κ1) is 20.8. The lowest BCUT2D eigenvalue weighted by Gasteiger charge is -2.09. The van der Waals surface area contributed by atoms with Crippen LogP contribution in [0.15, 0.2) is 53.3 Å². The number of carboxylic acids is 1. The van der Waals surface area contributed by atoms with Crippen LogP contribution in [0.3, 0.4) is 0 Å². The minimum Gasteiger partial charge on any atom is -0.478 e. The van der Waals surface area contributed by atoms with Crippen LogP contribution in [0.1, 0.15) is 17.8 Å². The Bertz CT molecular complexity index is 1350. The summed E-state index contributed by atoms with van der Waals surface area (Å²) < 4.78 is 1.59. The molecule has 7 nitrogen and oxygen atoms in total. The van der Waals surface area contributed by atoms with Crippen molar-refractivity contribution in [1.82, 2.24) is 9.55 Å². The van der Waals surface area contributed by atoms with Gasteiger partial charge in [0.2, 0.25) is 0 Å². The van der Waals surface area contributed by atoms with Crippen molar-refractivity contribution in [3.05, 3.63) is 80.3 Å². The van der Waals surface area contributed by atoms with E-state index in [4.69, 9.17) is 28.3 Å². The highest BCUT2D eigenvalue weighted by molar-refractivity contribution is 6.37. The Morgan fingerprint density at radius 1 is 1.19 bits per heavy atom. The number of carbonyl (C=O) groups excluding carboxylic acids is 1. The van der Waals surface area contributed by atoms with Gasteiger partial charge < -0.3 is 10.4 Å². The molecule has 0 saturated carbocycles. The number of hydrogen-bond donors (Lipinski definition) is 2. The van der Waals surface area contributed by atoms with Gasteiger partial charge in [-0.25, -0.2) is 9.78 Å². The number of carbonyl (C=O) groups is 2. The zero-order valence-electron chi connectivity index (χ0n) is 16.0. The number of hydrogen-bond acceptors (Lipinski definition) is 4. The minimum absolute atomic E-state index is 0.207. The van der Waals surface area contributed by atoms with Crippen LogP contribution in [0.5, 0.6) is 0 Å². The number of nitrogens with zero attached hydrogens (tertiary/aromatic N) is 2. The number of carboxylic acid groups (broad SMARTS) is 1. The molecule has 31 heavy (non-hydrogen) atoms. The number of nitrogens with one attached hydrogen (secondary N) is 1. The molecule has 0 spiro atoms. The summed E-state index contributed by atoms with van der Waals surface area (Å²) in [6.45, 7) is 3.70. The first-order chi connectivity index (χ1) is 14.8. The van der Waals surface area contributed by atoms with Gasteiger partial charge in [-0.05, 0) is 48.4 Å². The Morgan fingerprint density at radius 3 is 2.58 bits per heavy atom. The average Bonchev–Trinajstić information content (AvgIpc) is 3.13. The van der Waals surface area contributed by atoms with E-state index in [1.807, 2.05) is 6.08 Å². The van der Waals surface area contributed by atoms with E-state index in [9.17, 15) is 14.4 Å². The number of anilines is 1. The molecule has 0 fully saturated rings. The van der Waals surface area contributed by atoms with E-state index in [0.717, 1.165) is 5.57 Å². The molecule has 0 aliphatic carbocycles. The number of aliphatic carboxylic acids is 1. The zero-order valence-corrected chi connectivity index (χ0v) is 17.5.